The number of nitrogens with one attached hydrogen (secondary N) is 1. The highest BCUT2D eigenvalue weighted by molar-refractivity contribution is 5.77. The number of likely N-dealkylation sites (tertiary alicyclic amines) is 1. The number of benzene rings is 3. The van der Waals surface area contributed by atoms with Gasteiger partial charge >= 0.3 is 5.97 Å². The van der Waals surface area contributed by atoms with Crippen molar-refractivity contribution in [3.63, 3.8) is 0 Å². The van der Waals surface area contributed by atoms with Crippen LogP contribution in [0.5, 0.6) is 11.5 Å². The molecule has 0 radical (unpaired) electrons. The number of nitrogens with zero attached hydrogens (tertiary/aromatic N) is 1. The van der Waals surface area contributed by atoms with E-state index in [0.717, 1.165) is 30.5 Å². The molecule has 0 saturated carbocycles. The number of amides is 1. The number of hydrogen-bond donors (Lipinski definition) is 2. The Hall–Kier alpha value is -3.98. The van der Waals surface area contributed by atoms with Crippen molar-refractivity contribution in [2.75, 3.05) is 20.3 Å². The molecule has 2 unspecified atom stereocenters. The lowest BCUT2D eigenvalue weighted by molar-refractivity contribution is -0.144. The topological polar surface area (TPSA) is 88.1 Å². The molecule has 0 bridgehead atoms. The molecule has 9 heteroatoms. The van der Waals surface area contributed by atoms with E-state index in [4.69, 9.17) is 9.47 Å². The van der Waals surface area contributed by atoms with E-state index in [1.807, 2.05) is 30.3 Å². The third-order valence-corrected chi connectivity index (χ3v) is 6.88. The van der Waals surface area contributed by atoms with E-state index in [-0.39, 0.29) is 18.3 Å². The zero-order valence-corrected chi connectivity index (χ0v) is 21.0. The van der Waals surface area contributed by atoms with Crippen molar-refractivity contribution in [2.45, 2.75) is 31.5 Å². The summed E-state index contributed by atoms with van der Waals surface area (Å²) in [6, 6.07) is 17.2. The third kappa shape index (κ3) is 6.28. The number of carboxylic acid groups (broad SMARTS) is 1. The Morgan fingerprint density at radius 1 is 1.13 bits per heavy atom. The maximum absolute atomic E-state index is 13.8. The molecule has 0 aromatic heterocycles. The van der Waals surface area contributed by atoms with Crippen LogP contribution in [0.3, 0.4) is 0 Å². The van der Waals surface area contributed by atoms with Gasteiger partial charge in [0, 0.05) is 30.1 Å². The standard InChI is InChI=1S/C29H30F2N2O5/c1-37-26-15-25(31)24(30)14-23(26)20-9-11-22(12-10-20)38-17-21-8-5-13-33(16-19-6-3-2-4-7-19)28(21)27(29(35)36)32-18-34/h2-4,6-7,9-12,14-15,18,21,27-28H,5,8,13,16-17H2,1H3,(H,32,34)(H,35,36)/t21-,27?,28?/m1/s1. The fourth-order valence-electron chi connectivity index (χ4n) is 5.09. The lowest BCUT2D eigenvalue weighted by Gasteiger charge is -2.43. The van der Waals surface area contributed by atoms with Crippen LogP contribution >= 0.6 is 0 Å². The van der Waals surface area contributed by atoms with Crippen LogP contribution < -0.4 is 14.8 Å². The first-order chi connectivity index (χ1) is 18.4. The minimum atomic E-state index is -1.10. The summed E-state index contributed by atoms with van der Waals surface area (Å²) in [6.07, 6.45) is 2.03. The van der Waals surface area contributed by atoms with Crippen molar-refractivity contribution in [1.82, 2.24) is 10.2 Å². The normalized spacial score (nSPS) is 18.4. The number of hydrogen-bond acceptors (Lipinski definition) is 5. The number of aliphatic carboxylic acids is 1. The molecular weight excluding hydrogens is 494 g/mol. The molecule has 1 amide bonds. The molecule has 3 aromatic carbocycles. The van der Waals surface area contributed by atoms with Crippen LogP contribution in [0.2, 0.25) is 0 Å². The summed E-state index contributed by atoms with van der Waals surface area (Å²) >= 11 is 0. The minimum Gasteiger partial charge on any atom is -0.496 e. The van der Waals surface area contributed by atoms with Gasteiger partial charge in [0.15, 0.2) is 11.6 Å². The maximum Gasteiger partial charge on any atom is 0.327 e. The van der Waals surface area contributed by atoms with Crippen molar-refractivity contribution in [1.29, 1.82) is 0 Å². The highest BCUT2D eigenvalue weighted by atomic mass is 19.2. The third-order valence-electron chi connectivity index (χ3n) is 6.88. The van der Waals surface area contributed by atoms with Crippen LogP contribution in [0.25, 0.3) is 11.1 Å². The summed E-state index contributed by atoms with van der Waals surface area (Å²) in [7, 11) is 1.39. The first kappa shape index (κ1) is 27.1. The minimum absolute atomic E-state index is 0.160. The molecule has 2 N–H and O–H groups in total. The van der Waals surface area contributed by atoms with Crippen molar-refractivity contribution < 1.29 is 33.0 Å². The summed E-state index contributed by atoms with van der Waals surface area (Å²) in [5.41, 5.74) is 2.09. The van der Waals surface area contributed by atoms with Gasteiger partial charge in [0.2, 0.25) is 6.41 Å². The van der Waals surface area contributed by atoms with Crippen LogP contribution in [0.4, 0.5) is 8.78 Å². The predicted molar refractivity (Wildman–Crippen MR) is 138 cm³/mol. The predicted octanol–water partition coefficient (Wildman–Crippen LogP) is 4.50. The fourth-order valence-corrected chi connectivity index (χ4v) is 5.09. The van der Waals surface area contributed by atoms with E-state index in [9.17, 15) is 23.5 Å². The van der Waals surface area contributed by atoms with Gasteiger partial charge in [-0.1, -0.05) is 42.5 Å². The number of carbonyl (C=O) groups excluding carboxylic acids is 1. The summed E-state index contributed by atoms with van der Waals surface area (Å²) in [5, 5.41) is 12.4. The smallest absolute Gasteiger partial charge is 0.327 e. The lowest BCUT2D eigenvalue weighted by atomic mass is 9.84. The Labute approximate surface area is 220 Å². The summed E-state index contributed by atoms with van der Waals surface area (Å²) in [6.45, 7) is 1.50. The number of carbonyl (C=O) groups is 2. The van der Waals surface area contributed by atoms with Crippen LogP contribution in [-0.4, -0.2) is 54.7 Å². The van der Waals surface area contributed by atoms with Crippen LogP contribution in [0.1, 0.15) is 18.4 Å². The van der Waals surface area contributed by atoms with Crippen LogP contribution in [0, 0.1) is 17.6 Å². The molecule has 0 aliphatic carbocycles. The molecule has 4 rings (SSSR count). The molecule has 3 aromatic rings. The SMILES string of the molecule is COc1cc(F)c(F)cc1-c1ccc(OC[C@H]2CCCN(Cc3ccccc3)C2C(NC=O)C(=O)O)cc1. The number of halogens is 2. The number of rotatable bonds is 11. The second-order valence-corrected chi connectivity index (χ2v) is 9.25. The van der Waals surface area contributed by atoms with Gasteiger partial charge in [0.25, 0.3) is 0 Å². The average Bonchev–Trinajstić information content (AvgIpc) is 2.93. The highest BCUT2D eigenvalue weighted by Gasteiger charge is 2.41. The number of carboxylic acids is 1. The molecule has 1 fully saturated rings. The van der Waals surface area contributed by atoms with E-state index >= 15 is 0 Å². The molecule has 3 atom stereocenters. The molecule has 1 heterocycles. The van der Waals surface area contributed by atoms with Crippen molar-refractivity contribution in [2.24, 2.45) is 5.92 Å². The first-order valence-electron chi connectivity index (χ1n) is 12.4. The molecule has 7 nitrogen and oxygen atoms in total. The van der Waals surface area contributed by atoms with Gasteiger partial charge < -0.3 is 19.9 Å². The second-order valence-electron chi connectivity index (χ2n) is 9.25. The lowest BCUT2D eigenvalue weighted by Crippen LogP contribution is -2.59. The van der Waals surface area contributed by atoms with E-state index in [2.05, 4.69) is 10.2 Å². The number of ether oxygens (including phenoxy) is 2. The largest absolute Gasteiger partial charge is 0.496 e. The number of methoxy groups -OCH3 is 1. The number of piperidine rings is 1. The zero-order chi connectivity index (χ0) is 27.1. The molecule has 38 heavy (non-hydrogen) atoms. The van der Waals surface area contributed by atoms with Crippen molar-refractivity contribution >= 4 is 12.4 Å². The monoisotopic (exact) mass is 524 g/mol. The highest BCUT2D eigenvalue weighted by Crippen LogP contribution is 2.34. The van der Waals surface area contributed by atoms with Gasteiger partial charge in [0.05, 0.1) is 13.7 Å². The van der Waals surface area contributed by atoms with Gasteiger partial charge in [-0.15, -0.1) is 0 Å². The van der Waals surface area contributed by atoms with E-state index in [1.54, 1.807) is 24.3 Å². The van der Waals surface area contributed by atoms with Gasteiger partial charge in [-0.25, -0.2) is 13.6 Å². The Kier molecular flexibility index (Phi) is 8.91. The summed E-state index contributed by atoms with van der Waals surface area (Å²) in [4.78, 5) is 25.5. The quantitative estimate of drug-likeness (QED) is 0.359. The zero-order valence-electron chi connectivity index (χ0n) is 21.0. The Morgan fingerprint density at radius 2 is 1.84 bits per heavy atom. The molecular formula is C29H30F2N2O5. The molecule has 1 aliphatic rings. The Bertz CT molecular complexity index is 1240. The Balaban J connectivity index is 1.52. The van der Waals surface area contributed by atoms with Crippen LogP contribution in [0.15, 0.2) is 66.7 Å². The van der Waals surface area contributed by atoms with E-state index < -0.39 is 29.7 Å². The van der Waals surface area contributed by atoms with E-state index in [0.29, 0.717) is 36.4 Å². The molecule has 1 aliphatic heterocycles. The van der Waals surface area contributed by atoms with E-state index in [1.165, 1.54) is 7.11 Å². The fraction of sp³-hybridized carbons (Fsp3) is 0.310. The van der Waals surface area contributed by atoms with Crippen molar-refractivity contribution in [3.05, 3.63) is 83.9 Å². The van der Waals surface area contributed by atoms with Gasteiger partial charge in [-0.3, -0.25) is 9.69 Å². The maximum atomic E-state index is 13.8. The molecule has 0 spiro atoms. The average molecular weight is 525 g/mol. The van der Waals surface area contributed by atoms with Crippen molar-refractivity contribution in [3.8, 4) is 22.6 Å². The van der Waals surface area contributed by atoms with Gasteiger partial charge in [-0.2, -0.15) is 0 Å². The first-order valence-corrected chi connectivity index (χ1v) is 12.4. The summed E-state index contributed by atoms with van der Waals surface area (Å²) in [5.74, 6) is -2.46. The van der Waals surface area contributed by atoms with Crippen LogP contribution in [-0.2, 0) is 16.1 Å². The molecule has 200 valence electrons. The Morgan fingerprint density at radius 3 is 2.50 bits per heavy atom. The van der Waals surface area contributed by atoms with Gasteiger partial charge in [0.1, 0.15) is 17.5 Å². The van der Waals surface area contributed by atoms with Gasteiger partial charge in [-0.05, 0) is 48.7 Å². The molecule has 1 saturated heterocycles. The second kappa shape index (κ2) is 12.5. The summed E-state index contributed by atoms with van der Waals surface area (Å²) < 4.78 is 38.7.